The number of ketones is 1. The second kappa shape index (κ2) is 2.69. The Morgan fingerprint density at radius 1 is 1.27 bits per heavy atom. The second-order valence-corrected chi connectivity index (χ2v) is 1.55. The molecule has 0 aromatic carbocycles. The number of hydrogen-bond donors (Lipinski definition) is 2. The average molecular weight is 170 g/mol. The van der Waals surface area contributed by atoms with Crippen LogP contribution >= 0.6 is 0 Å². The predicted molar refractivity (Wildman–Crippen MR) is 25.6 cm³/mol. The fourth-order valence-corrected chi connectivity index (χ4v) is 0.250. The standard InChI is InChI=1S/C4H2F3NO3/c5-4(6,7)2(9)1(8)3(10)11/h8H,(H,10,11)/p+1. The highest BCUT2D eigenvalue weighted by Crippen LogP contribution is 2.15. The quantitative estimate of drug-likeness (QED) is 0.387. The summed E-state index contributed by atoms with van der Waals surface area (Å²) in [4.78, 5) is 19.6. The van der Waals surface area contributed by atoms with E-state index in [4.69, 9.17) is 5.11 Å². The van der Waals surface area contributed by atoms with E-state index in [-0.39, 0.29) is 0 Å². The van der Waals surface area contributed by atoms with Gasteiger partial charge in [0, 0.05) is 0 Å². The minimum atomic E-state index is -5.22. The van der Waals surface area contributed by atoms with Gasteiger partial charge in [-0.15, -0.1) is 0 Å². The van der Waals surface area contributed by atoms with Crippen molar-refractivity contribution in [3.63, 3.8) is 0 Å². The normalized spacial score (nSPS) is 10.8. The molecule has 0 aliphatic carbocycles. The van der Waals surface area contributed by atoms with Crippen LogP contribution in [0.2, 0.25) is 0 Å². The maximum Gasteiger partial charge on any atom is 0.461 e. The molecule has 0 bridgehead atoms. The predicted octanol–water partition coefficient (Wildman–Crippen LogP) is -1.60. The Morgan fingerprint density at radius 2 is 1.64 bits per heavy atom. The van der Waals surface area contributed by atoms with Gasteiger partial charge in [-0.3, -0.25) is 4.79 Å². The maximum atomic E-state index is 11.3. The van der Waals surface area contributed by atoms with Gasteiger partial charge in [0.1, 0.15) is 0 Å². The summed E-state index contributed by atoms with van der Waals surface area (Å²) in [6.07, 6.45) is -5.22. The molecule has 0 aromatic rings. The third-order valence-corrected chi connectivity index (χ3v) is 0.732. The number of halogens is 3. The number of aliphatic carboxylic acids is 1. The van der Waals surface area contributed by atoms with Crippen LogP contribution in [0.3, 0.4) is 0 Å². The van der Waals surface area contributed by atoms with Crippen molar-refractivity contribution in [1.29, 1.82) is 0 Å². The largest absolute Gasteiger partial charge is 0.473 e. The Morgan fingerprint density at radius 3 is 1.73 bits per heavy atom. The molecule has 0 aromatic heterocycles. The topological polar surface area (TPSA) is 80.0 Å². The Balaban J connectivity index is 4.53. The van der Waals surface area contributed by atoms with E-state index in [0.717, 1.165) is 0 Å². The van der Waals surface area contributed by atoms with Crippen LogP contribution in [0.15, 0.2) is 0 Å². The van der Waals surface area contributed by atoms with Gasteiger partial charge in [0.25, 0.3) is 0 Å². The first-order valence-electron chi connectivity index (χ1n) is 2.24. The van der Waals surface area contributed by atoms with Crippen molar-refractivity contribution in [2.24, 2.45) is 0 Å². The smallest absolute Gasteiger partial charge is 0.461 e. The Hall–Kier alpha value is -1.40. The minimum absolute atomic E-state index is 1.72. The summed E-state index contributed by atoms with van der Waals surface area (Å²) in [6.45, 7) is 0. The second-order valence-electron chi connectivity index (χ2n) is 1.55. The van der Waals surface area contributed by atoms with Gasteiger partial charge >= 0.3 is 23.6 Å². The molecule has 0 spiro atoms. The molecule has 0 atom stereocenters. The summed E-state index contributed by atoms with van der Waals surface area (Å²) in [6, 6.07) is 0. The van der Waals surface area contributed by atoms with Crippen LogP contribution in [0.1, 0.15) is 0 Å². The van der Waals surface area contributed by atoms with Crippen molar-refractivity contribution in [3.05, 3.63) is 0 Å². The maximum absolute atomic E-state index is 11.3. The number of rotatable bonds is 2. The lowest BCUT2D eigenvalue weighted by Gasteiger charge is -1.98. The van der Waals surface area contributed by atoms with Crippen molar-refractivity contribution in [2.75, 3.05) is 0 Å². The van der Waals surface area contributed by atoms with Crippen LogP contribution in [0, 0.1) is 0 Å². The molecule has 0 amide bonds. The van der Waals surface area contributed by atoms with Gasteiger partial charge in [-0.25, -0.2) is 10.2 Å². The summed E-state index contributed by atoms with van der Waals surface area (Å²) in [5.41, 5.74) is -1.72. The summed E-state index contributed by atoms with van der Waals surface area (Å²) in [5.74, 6) is -4.61. The number of hydrogen-bond acceptors (Lipinski definition) is 2. The molecule has 0 rings (SSSR count). The number of carboxylic acids is 1. The summed E-state index contributed by atoms with van der Waals surface area (Å²) in [5, 5.41) is 12.1. The fraction of sp³-hybridized carbons (Fsp3) is 0.250. The third kappa shape index (κ3) is 2.36. The molecule has 4 nitrogen and oxygen atoms in total. The van der Waals surface area contributed by atoms with Crippen LogP contribution < -0.4 is 5.41 Å². The average Bonchev–Trinajstić information content (AvgIpc) is 1.82. The molecule has 0 unspecified atom stereocenters. The van der Waals surface area contributed by atoms with Gasteiger partial charge in [0.15, 0.2) is 0 Å². The van der Waals surface area contributed by atoms with E-state index in [1.54, 1.807) is 0 Å². The lowest BCUT2D eigenvalue weighted by atomic mass is 10.2. The zero-order chi connectivity index (χ0) is 9.23. The van der Waals surface area contributed by atoms with Crippen molar-refractivity contribution < 1.29 is 33.3 Å². The molecule has 0 saturated heterocycles. The molecule has 3 N–H and O–H groups in total. The highest BCUT2D eigenvalue weighted by molar-refractivity contribution is 6.62. The van der Waals surface area contributed by atoms with E-state index in [9.17, 15) is 22.8 Å². The molecule has 0 aliphatic heterocycles. The van der Waals surface area contributed by atoms with Crippen LogP contribution in [-0.2, 0) is 9.59 Å². The molecule has 0 aliphatic rings. The molecule has 0 saturated carbocycles. The van der Waals surface area contributed by atoms with Gasteiger partial charge in [-0.05, 0) is 0 Å². The van der Waals surface area contributed by atoms with Crippen molar-refractivity contribution in [3.8, 4) is 0 Å². The fourth-order valence-electron chi connectivity index (χ4n) is 0.250. The van der Waals surface area contributed by atoms with E-state index in [0.29, 0.717) is 0 Å². The van der Waals surface area contributed by atoms with Gasteiger partial charge in [0.2, 0.25) is 0 Å². The zero-order valence-electron chi connectivity index (χ0n) is 4.97. The third-order valence-electron chi connectivity index (χ3n) is 0.732. The van der Waals surface area contributed by atoms with E-state index in [1.807, 2.05) is 0 Å². The summed E-state index contributed by atoms with van der Waals surface area (Å²) >= 11 is 0. The molecular formula is C4H3F3NO3+. The monoisotopic (exact) mass is 170 g/mol. The number of carboxylic acid groups (broad SMARTS) is 1. The van der Waals surface area contributed by atoms with E-state index in [1.165, 1.54) is 0 Å². The van der Waals surface area contributed by atoms with Crippen LogP contribution in [0.25, 0.3) is 0 Å². The van der Waals surface area contributed by atoms with Crippen LogP contribution in [-0.4, -0.2) is 28.7 Å². The van der Waals surface area contributed by atoms with Crippen molar-refractivity contribution >= 4 is 17.5 Å². The highest BCUT2D eigenvalue weighted by Gasteiger charge is 2.47. The van der Waals surface area contributed by atoms with Gasteiger partial charge in [-0.2, -0.15) is 13.2 Å². The van der Waals surface area contributed by atoms with Gasteiger partial charge < -0.3 is 5.11 Å². The Labute approximate surface area is 58.1 Å². The first kappa shape index (κ1) is 9.60. The molecular weight excluding hydrogens is 167 g/mol. The van der Waals surface area contributed by atoms with E-state index in [2.05, 4.69) is 5.41 Å². The molecule has 0 heterocycles. The van der Waals surface area contributed by atoms with Crippen molar-refractivity contribution in [2.45, 2.75) is 6.18 Å². The van der Waals surface area contributed by atoms with E-state index < -0.39 is 23.6 Å². The van der Waals surface area contributed by atoms with Crippen LogP contribution in [0.4, 0.5) is 13.2 Å². The number of carbonyl (C=O) groups is 2. The minimum Gasteiger partial charge on any atom is -0.473 e. The highest BCUT2D eigenvalue weighted by atomic mass is 19.4. The molecule has 7 heteroatoms. The Kier molecular flexibility index (Phi) is 2.34. The number of carbonyl (C=O) groups excluding carboxylic acids is 1. The first-order valence-corrected chi connectivity index (χ1v) is 2.24. The van der Waals surface area contributed by atoms with Crippen molar-refractivity contribution in [1.82, 2.24) is 0 Å². The summed E-state index contributed by atoms with van der Waals surface area (Å²) in [7, 11) is 0. The molecule has 0 fully saturated rings. The number of Topliss-reactive ketones (excluding diaryl/α,β-unsaturated/α-hetero) is 1. The Bertz CT molecular complexity index is 219. The number of alkyl halides is 3. The summed E-state index contributed by atoms with van der Waals surface area (Å²) < 4.78 is 34.0. The molecule has 11 heavy (non-hydrogen) atoms. The number of nitrogens with two attached hydrogens (primary N) is 1. The lowest BCUT2D eigenvalue weighted by Crippen LogP contribution is -2.53. The molecule has 0 radical (unpaired) electrons. The first-order chi connectivity index (χ1) is 4.76. The SMILES string of the molecule is [NH2+]=C(C(=O)O)C(=O)C(F)(F)F. The van der Waals surface area contributed by atoms with E-state index >= 15 is 0 Å². The molecule has 62 valence electrons. The van der Waals surface area contributed by atoms with Crippen LogP contribution in [0.5, 0.6) is 0 Å². The zero-order valence-corrected chi connectivity index (χ0v) is 4.97. The lowest BCUT2D eigenvalue weighted by molar-refractivity contribution is -0.177. The van der Waals surface area contributed by atoms with Gasteiger partial charge in [0.05, 0.1) is 0 Å². The van der Waals surface area contributed by atoms with Gasteiger partial charge in [-0.1, -0.05) is 0 Å².